The zero-order valence-corrected chi connectivity index (χ0v) is 11.3. The van der Waals surface area contributed by atoms with Gasteiger partial charge in [-0.3, -0.25) is 14.5 Å². The van der Waals surface area contributed by atoms with Crippen molar-refractivity contribution in [3.8, 4) is 0 Å². The lowest BCUT2D eigenvalue weighted by atomic mass is 10.1. The van der Waals surface area contributed by atoms with Gasteiger partial charge in [0.25, 0.3) is 5.91 Å². The van der Waals surface area contributed by atoms with Crippen molar-refractivity contribution in [1.29, 1.82) is 0 Å². The Morgan fingerprint density at radius 3 is 2.35 bits per heavy atom. The number of rotatable bonds is 3. The first-order valence-electron chi connectivity index (χ1n) is 6.51. The van der Waals surface area contributed by atoms with Crippen LogP contribution in [-0.2, 0) is 4.79 Å². The zero-order valence-electron chi connectivity index (χ0n) is 11.3. The Morgan fingerprint density at radius 1 is 1.20 bits per heavy atom. The summed E-state index contributed by atoms with van der Waals surface area (Å²) in [6.45, 7) is 3.40. The minimum Gasteiger partial charge on any atom is -0.480 e. The number of carboxylic acids is 1. The van der Waals surface area contributed by atoms with Gasteiger partial charge >= 0.3 is 5.97 Å². The Balaban J connectivity index is 1.99. The average molecular weight is 280 g/mol. The molecule has 0 radical (unpaired) electrons. The van der Waals surface area contributed by atoms with Gasteiger partial charge in [-0.05, 0) is 19.1 Å². The summed E-state index contributed by atoms with van der Waals surface area (Å²) >= 11 is 0. The summed E-state index contributed by atoms with van der Waals surface area (Å²) in [5.41, 5.74) is 0.0623. The molecular formula is C14H17FN2O3. The molecule has 1 saturated heterocycles. The first-order valence-corrected chi connectivity index (χ1v) is 6.51. The van der Waals surface area contributed by atoms with Crippen molar-refractivity contribution < 1.29 is 19.1 Å². The van der Waals surface area contributed by atoms with E-state index in [0.29, 0.717) is 26.2 Å². The summed E-state index contributed by atoms with van der Waals surface area (Å²) in [6, 6.07) is 5.32. The summed E-state index contributed by atoms with van der Waals surface area (Å²) < 4.78 is 13.6. The molecule has 0 saturated carbocycles. The van der Waals surface area contributed by atoms with Gasteiger partial charge in [-0.1, -0.05) is 12.1 Å². The first kappa shape index (κ1) is 14.5. The van der Waals surface area contributed by atoms with Crippen molar-refractivity contribution in [1.82, 2.24) is 9.80 Å². The smallest absolute Gasteiger partial charge is 0.320 e. The predicted molar refractivity (Wildman–Crippen MR) is 71.0 cm³/mol. The Kier molecular flexibility index (Phi) is 4.34. The van der Waals surface area contributed by atoms with Gasteiger partial charge in [-0.25, -0.2) is 4.39 Å². The highest BCUT2D eigenvalue weighted by atomic mass is 19.1. The van der Waals surface area contributed by atoms with Crippen LogP contribution in [0.25, 0.3) is 0 Å². The van der Waals surface area contributed by atoms with Crippen LogP contribution in [-0.4, -0.2) is 59.0 Å². The molecular weight excluding hydrogens is 263 g/mol. The second kappa shape index (κ2) is 6.00. The van der Waals surface area contributed by atoms with Crippen molar-refractivity contribution >= 4 is 11.9 Å². The molecule has 1 aliphatic heterocycles. The summed E-state index contributed by atoms with van der Waals surface area (Å²) in [5, 5.41) is 8.95. The molecule has 2 rings (SSSR count). The van der Waals surface area contributed by atoms with Crippen molar-refractivity contribution in [3.63, 3.8) is 0 Å². The highest BCUT2D eigenvalue weighted by molar-refractivity contribution is 5.94. The molecule has 6 heteroatoms. The Hall–Kier alpha value is -1.95. The number of aliphatic carboxylic acids is 1. The molecule has 0 bridgehead atoms. The SMILES string of the molecule is CC(C(=O)O)N1CCN(C(=O)c2ccccc2F)CC1. The van der Waals surface area contributed by atoms with Gasteiger partial charge < -0.3 is 10.0 Å². The number of hydrogen-bond donors (Lipinski definition) is 1. The minimum atomic E-state index is -0.876. The molecule has 1 aromatic carbocycles. The quantitative estimate of drug-likeness (QED) is 0.899. The third-order valence-electron chi connectivity index (χ3n) is 3.61. The van der Waals surface area contributed by atoms with Crippen molar-refractivity contribution in [3.05, 3.63) is 35.6 Å². The van der Waals surface area contributed by atoms with E-state index in [4.69, 9.17) is 5.11 Å². The van der Waals surface area contributed by atoms with Crippen molar-refractivity contribution in [2.75, 3.05) is 26.2 Å². The fourth-order valence-corrected chi connectivity index (χ4v) is 2.27. The summed E-state index contributed by atoms with van der Waals surface area (Å²) in [4.78, 5) is 26.4. The normalized spacial score (nSPS) is 17.8. The molecule has 1 aliphatic rings. The molecule has 20 heavy (non-hydrogen) atoms. The highest BCUT2D eigenvalue weighted by Crippen LogP contribution is 2.13. The summed E-state index contributed by atoms with van der Waals surface area (Å²) in [5.74, 6) is -1.75. The average Bonchev–Trinajstić information content (AvgIpc) is 2.46. The molecule has 1 N–H and O–H groups in total. The third-order valence-corrected chi connectivity index (χ3v) is 3.61. The van der Waals surface area contributed by atoms with Gasteiger partial charge in [-0.2, -0.15) is 0 Å². The Labute approximate surface area is 116 Å². The monoisotopic (exact) mass is 280 g/mol. The fourth-order valence-electron chi connectivity index (χ4n) is 2.27. The third kappa shape index (κ3) is 2.96. The van der Waals surface area contributed by atoms with Gasteiger partial charge in [0, 0.05) is 26.2 Å². The number of benzene rings is 1. The maximum atomic E-state index is 13.6. The predicted octanol–water partition coefficient (Wildman–Crippen LogP) is 1.06. The lowest BCUT2D eigenvalue weighted by molar-refractivity contribution is -0.143. The molecule has 108 valence electrons. The molecule has 0 aromatic heterocycles. The molecule has 1 fully saturated rings. The van der Waals surface area contributed by atoms with Crippen LogP contribution in [0.3, 0.4) is 0 Å². The lowest BCUT2D eigenvalue weighted by Gasteiger charge is -2.36. The van der Waals surface area contributed by atoms with E-state index in [0.717, 1.165) is 0 Å². The van der Waals surface area contributed by atoms with E-state index in [9.17, 15) is 14.0 Å². The minimum absolute atomic E-state index is 0.0623. The second-order valence-electron chi connectivity index (χ2n) is 4.82. The van der Waals surface area contributed by atoms with Crippen LogP contribution in [0.15, 0.2) is 24.3 Å². The van der Waals surface area contributed by atoms with Crippen molar-refractivity contribution in [2.24, 2.45) is 0 Å². The van der Waals surface area contributed by atoms with Crippen LogP contribution in [0.4, 0.5) is 4.39 Å². The largest absolute Gasteiger partial charge is 0.480 e. The number of halogens is 1. The van der Waals surface area contributed by atoms with E-state index in [-0.39, 0.29) is 11.5 Å². The first-order chi connectivity index (χ1) is 9.50. The van der Waals surface area contributed by atoms with Gasteiger partial charge in [0.1, 0.15) is 11.9 Å². The van der Waals surface area contributed by atoms with Gasteiger partial charge in [0.05, 0.1) is 5.56 Å². The van der Waals surface area contributed by atoms with Crippen LogP contribution >= 0.6 is 0 Å². The van der Waals surface area contributed by atoms with E-state index < -0.39 is 17.8 Å². The van der Waals surface area contributed by atoms with Gasteiger partial charge in [-0.15, -0.1) is 0 Å². The maximum absolute atomic E-state index is 13.6. The van der Waals surface area contributed by atoms with E-state index in [1.807, 2.05) is 0 Å². The fraction of sp³-hybridized carbons (Fsp3) is 0.429. The lowest BCUT2D eigenvalue weighted by Crippen LogP contribution is -2.53. The number of piperazine rings is 1. The number of carbonyl (C=O) groups excluding carboxylic acids is 1. The topological polar surface area (TPSA) is 60.9 Å². The van der Waals surface area contributed by atoms with Crippen LogP contribution < -0.4 is 0 Å². The van der Waals surface area contributed by atoms with Crippen LogP contribution in [0.1, 0.15) is 17.3 Å². The highest BCUT2D eigenvalue weighted by Gasteiger charge is 2.28. The van der Waals surface area contributed by atoms with Crippen LogP contribution in [0, 0.1) is 5.82 Å². The van der Waals surface area contributed by atoms with E-state index in [2.05, 4.69) is 0 Å². The van der Waals surface area contributed by atoms with E-state index >= 15 is 0 Å². The van der Waals surface area contributed by atoms with Crippen LogP contribution in [0.2, 0.25) is 0 Å². The standard InChI is InChI=1S/C14H17FN2O3/c1-10(14(19)20)16-6-8-17(9-7-16)13(18)11-4-2-3-5-12(11)15/h2-5,10H,6-9H2,1H3,(H,19,20). The summed E-state index contributed by atoms with van der Waals surface area (Å²) in [7, 11) is 0. The molecule has 1 aromatic rings. The molecule has 1 heterocycles. The molecule has 1 amide bonds. The number of amides is 1. The summed E-state index contributed by atoms with van der Waals surface area (Å²) in [6.07, 6.45) is 0. The maximum Gasteiger partial charge on any atom is 0.320 e. The van der Waals surface area contributed by atoms with Crippen LogP contribution in [0.5, 0.6) is 0 Å². The van der Waals surface area contributed by atoms with Crippen molar-refractivity contribution in [2.45, 2.75) is 13.0 Å². The number of nitrogens with zero attached hydrogens (tertiary/aromatic N) is 2. The van der Waals surface area contributed by atoms with Gasteiger partial charge in [0.15, 0.2) is 0 Å². The number of carbonyl (C=O) groups is 2. The Morgan fingerprint density at radius 2 is 1.80 bits per heavy atom. The second-order valence-corrected chi connectivity index (χ2v) is 4.82. The molecule has 1 unspecified atom stereocenters. The van der Waals surface area contributed by atoms with Gasteiger partial charge in [0.2, 0.25) is 0 Å². The Bertz CT molecular complexity index is 513. The molecule has 5 nitrogen and oxygen atoms in total. The number of carboxylic acid groups (broad SMARTS) is 1. The molecule has 0 spiro atoms. The molecule has 1 atom stereocenters. The number of hydrogen-bond acceptors (Lipinski definition) is 3. The van der Waals surface area contributed by atoms with E-state index in [1.165, 1.54) is 12.1 Å². The molecule has 0 aliphatic carbocycles. The van der Waals surface area contributed by atoms with E-state index in [1.54, 1.807) is 28.9 Å². The zero-order chi connectivity index (χ0) is 14.7.